The van der Waals surface area contributed by atoms with Gasteiger partial charge in [0.05, 0.1) is 28.4 Å². The lowest BCUT2D eigenvalue weighted by Crippen LogP contribution is -2.02. The molecule has 0 saturated heterocycles. The van der Waals surface area contributed by atoms with Crippen molar-refractivity contribution in [2.45, 2.75) is 10.6 Å². The second-order valence-corrected chi connectivity index (χ2v) is 7.62. The first kappa shape index (κ1) is 18.7. The number of H-pyrrole nitrogens is 1. The van der Waals surface area contributed by atoms with Crippen LogP contribution in [0.5, 0.6) is 5.75 Å². The molecule has 0 aliphatic heterocycles. The number of halogens is 2. The summed E-state index contributed by atoms with van der Waals surface area (Å²) in [5, 5.41) is 14.0. The number of thioether (sulfide) groups is 1. The predicted octanol–water partition coefficient (Wildman–Crippen LogP) is 5.40. The van der Waals surface area contributed by atoms with Crippen LogP contribution in [-0.4, -0.2) is 31.0 Å². The van der Waals surface area contributed by atoms with Gasteiger partial charge < -0.3 is 14.8 Å². The van der Waals surface area contributed by atoms with Crippen LogP contribution in [0.4, 0.5) is 4.79 Å². The molecule has 0 bridgehead atoms. The first-order valence-electron chi connectivity index (χ1n) is 8.00. The molecule has 2 heterocycles. The Labute approximate surface area is 173 Å². The zero-order chi connectivity index (χ0) is 19.7. The number of aromatic amines is 1. The summed E-state index contributed by atoms with van der Waals surface area (Å²) in [6, 6.07) is 11.4. The highest BCUT2D eigenvalue weighted by atomic mass is 35.5. The summed E-state index contributed by atoms with van der Waals surface area (Å²) >= 11 is 13.9. The van der Waals surface area contributed by atoms with Crippen molar-refractivity contribution in [1.29, 1.82) is 0 Å². The van der Waals surface area contributed by atoms with E-state index in [4.69, 9.17) is 28.3 Å². The highest BCUT2D eigenvalue weighted by Crippen LogP contribution is 2.33. The van der Waals surface area contributed by atoms with Crippen LogP contribution in [0.25, 0.3) is 17.0 Å². The summed E-state index contributed by atoms with van der Waals surface area (Å²) in [4.78, 5) is 19.1. The second kappa shape index (κ2) is 7.75. The summed E-state index contributed by atoms with van der Waals surface area (Å²) in [5.41, 5.74) is 2.59. The van der Waals surface area contributed by atoms with Crippen molar-refractivity contribution >= 4 is 52.2 Å². The largest absolute Gasteiger partial charge is 0.511 e. The number of ether oxygens (including phenoxy) is 1. The van der Waals surface area contributed by atoms with Crippen molar-refractivity contribution in [3.8, 4) is 11.7 Å². The third kappa shape index (κ3) is 4.09. The van der Waals surface area contributed by atoms with Gasteiger partial charge in [-0.25, -0.2) is 14.5 Å². The van der Waals surface area contributed by atoms with Crippen LogP contribution in [0, 0.1) is 0 Å². The smallest absolute Gasteiger partial charge is 0.449 e. The Morgan fingerprint density at radius 3 is 2.79 bits per heavy atom. The molecule has 0 fully saturated rings. The van der Waals surface area contributed by atoms with Gasteiger partial charge in [-0.2, -0.15) is 5.10 Å². The highest BCUT2D eigenvalue weighted by Gasteiger charge is 2.12. The molecule has 0 amide bonds. The number of rotatable bonds is 5. The Bertz CT molecular complexity index is 1160. The number of hydrogen-bond acceptors (Lipinski definition) is 5. The zero-order valence-corrected chi connectivity index (χ0v) is 16.4. The number of nitrogens with zero attached hydrogens (tertiary/aromatic N) is 3. The molecule has 0 aliphatic carbocycles. The maximum Gasteiger partial charge on any atom is 0.511 e. The van der Waals surface area contributed by atoms with Crippen molar-refractivity contribution in [1.82, 2.24) is 19.7 Å². The van der Waals surface area contributed by atoms with Crippen molar-refractivity contribution in [2.75, 3.05) is 0 Å². The van der Waals surface area contributed by atoms with E-state index in [2.05, 4.69) is 19.8 Å². The molecule has 142 valence electrons. The van der Waals surface area contributed by atoms with Crippen molar-refractivity contribution in [3.05, 3.63) is 64.4 Å². The molecule has 4 rings (SSSR count). The minimum Gasteiger partial charge on any atom is -0.449 e. The van der Waals surface area contributed by atoms with Crippen molar-refractivity contribution in [2.24, 2.45) is 0 Å². The summed E-state index contributed by atoms with van der Waals surface area (Å²) in [6.07, 6.45) is 1.31. The van der Waals surface area contributed by atoms with Crippen LogP contribution in [0.15, 0.2) is 53.7 Å². The number of imidazole rings is 1. The molecule has 0 spiro atoms. The molecule has 7 nitrogen and oxygen atoms in total. The summed E-state index contributed by atoms with van der Waals surface area (Å²) in [5.74, 6) is 1.27. The molecule has 0 aliphatic rings. The molecule has 0 atom stereocenters. The van der Waals surface area contributed by atoms with Crippen LogP contribution in [0.2, 0.25) is 10.0 Å². The molecule has 10 heteroatoms. The standard InChI is InChI=1S/C18H12Cl2N4O3S/c19-11-3-1-10(2-4-11)9-28-16-6-15-14(5-13(16)20)22-17(23-15)24-8-12(7-21-24)27-18(25)26/h1-8H,9H2,(H,22,23)(H,25,26). The van der Waals surface area contributed by atoms with Gasteiger partial charge in [-0.05, 0) is 29.8 Å². The number of aromatic nitrogens is 4. The van der Waals surface area contributed by atoms with E-state index >= 15 is 0 Å². The quantitative estimate of drug-likeness (QED) is 0.322. The average molecular weight is 435 g/mol. The fourth-order valence-electron chi connectivity index (χ4n) is 2.53. The van der Waals surface area contributed by atoms with Gasteiger partial charge in [-0.3, -0.25) is 0 Å². The maximum atomic E-state index is 10.6. The van der Waals surface area contributed by atoms with Gasteiger partial charge in [0.1, 0.15) is 0 Å². The first-order chi connectivity index (χ1) is 13.5. The molecular formula is C18H12Cl2N4O3S. The van der Waals surface area contributed by atoms with Crippen LogP contribution in [-0.2, 0) is 5.75 Å². The van der Waals surface area contributed by atoms with Gasteiger partial charge in [-0.15, -0.1) is 11.8 Å². The number of nitrogens with one attached hydrogen (secondary N) is 1. The molecule has 0 saturated carbocycles. The number of carbonyl (C=O) groups is 1. The molecule has 2 N–H and O–H groups in total. The molecular weight excluding hydrogens is 423 g/mol. The van der Waals surface area contributed by atoms with Gasteiger partial charge in [0.15, 0.2) is 5.75 Å². The van der Waals surface area contributed by atoms with Crippen LogP contribution >= 0.6 is 35.0 Å². The maximum absolute atomic E-state index is 10.6. The van der Waals surface area contributed by atoms with E-state index in [1.807, 2.05) is 30.3 Å². The van der Waals surface area contributed by atoms with Gasteiger partial charge in [0.2, 0.25) is 5.95 Å². The average Bonchev–Trinajstić information content (AvgIpc) is 3.27. The Balaban J connectivity index is 1.57. The summed E-state index contributed by atoms with van der Waals surface area (Å²) in [7, 11) is 0. The van der Waals surface area contributed by atoms with E-state index in [0.717, 1.165) is 21.7 Å². The van der Waals surface area contributed by atoms with Gasteiger partial charge in [-0.1, -0.05) is 35.3 Å². The summed E-state index contributed by atoms with van der Waals surface area (Å²) < 4.78 is 5.96. The lowest BCUT2D eigenvalue weighted by Gasteiger charge is -2.05. The normalized spacial score (nSPS) is 11.1. The summed E-state index contributed by atoms with van der Waals surface area (Å²) in [6.45, 7) is 0. The first-order valence-corrected chi connectivity index (χ1v) is 9.74. The van der Waals surface area contributed by atoms with E-state index in [1.54, 1.807) is 17.8 Å². The lowest BCUT2D eigenvalue weighted by molar-refractivity contribution is 0.144. The van der Waals surface area contributed by atoms with Crippen molar-refractivity contribution in [3.63, 3.8) is 0 Å². The van der Waals surface area contributed by atoms with E-state index in [1.165, 1.54) is 17.1 Å². The number of fused-ring (bicyclic) bond motifs is 1. The molecule has 0 unspecified atom stereocenters. The van der Waals surface area contributed by atoms with Crippen LogP contribution in [0.1, 0.15) is 5.56 Å². The Morgan fingerprint density at radius 2 is 2.04 bits per heavy atom. The SMILES string of the molecule is O=C(O)Oc1cnn(-c2nc3cc(SCc4ccc(Cl)cc4)c(Cl)cc3[nH]2)c1. The van der Waals surface area contributed by atoms with E-state index in [-0.39, 0.29) is 5.75 Å². The number of benzene rings is 2. The predicted molar refractivity (Wildman–Crippen MR) is 108 cm³/mol. The lowest BCUT2D eigenvalue weighted by atomic mass is 10.2. The van der Waals surface area contributed by atoms with E-state index in [9.17, 15) is 4.79 Å². The highest BCUT2D eigenvalue weighted by molar-refractivity contribution is 7.98. The fraction of sp³-hybridized carbons (Fsp3) is 0.0556. The Hall–Kier alpha value is -2.68. The van der Waals surface area contributed by atoms with Gasteiger partial charge in [0.25, 0.3) is 0 Å². The topological polar surface area (TPSA) is 93.0 Å². The minimum atomic E-state index is -1.40. The van der Waals surface area contributed by atoms with Gasteiger partial charge >= 0.3 is 6.16 Å². The molecule has 2 aromatic heterocycles. The van der Waals surface area contributed by atoms with Crippen LogP contribution < -0.4 is 4.74 Å². The van der Waals surface area contributed by atoms with Gasteiger partial charge in [0, 0.05) is 15.7 Å². The minimum absolute atomic E-state index is 0.102. The third-order valence-corrected chi connectivity index (χ3v) is 5.61. The fourth-order valence-corrected chi connectivity index (χ4v) is 3.89. The van der Waals surface area contributed by atoms with Crippen molar-refractivity contribution < 1.29 is 14.6 Å². The molecule has 2 aromatic carbocycles. The number of carboxylic acid groups (broad SMARTS) is 1. The zero-order valence-electron chi connectivity index (χ0n) is 14.1. The van der Waals surface area contributed by atoms with E-state index in [0.29, 0.717) is 21.5 Å². The molecule has 28 heavy (non-hydrogen) atoms. The molecule has 4 aromatic rings. The van der Waals surface area contributed by atoms with E-state index < -0.39 is 6.16 Å². The third-order valence-electron chi connectivity index (χ3n) is 3.81. The molecule has 0 radical (unpaired) electrons. The number of hydrogen-bond donors (Lipinski definition) is 2. The second-order valence-electron chi connectivity index (χ2n) is 5.76. The monoisotopic (exact) mass is 434 g/mol. The van der Waals surface area contributed by atoms with Crippen LogP contribution in [0.3, 0.4) is 0 Å². The Morgan fingerprint density at radius 1 is 1.25 bits per heavy atom. The Kier molecular flexibility index (Phi) is 5.17.